The zero-order chi connectivity index (χ0) is 13.9. The van der Waals surface area contributed by atoms with Crippen LogP contribution >= 0.6 is 0 Å². The Kier molecular flexibility index (Phi) is 7.05. The first-order chi connectivity index (χ1) is 9.27. The van der Waals surface area contributed by atoms with Crippen molar-refractivity contribution in [3.63, 3.8) is 0 Å². The van der Waals surface area contributed by atoms with Crippen molar-refractivity contribution in [2.45, 2.75) is 25.7 Å². The van der Waals surface area contributed by atoms with Crippen molar-refractivity contribution in [1.29, 1.82) is 0 Å². The average Bonchev–Trinajstić information content (AvgIpc) is 2.43. The minimum Gasteiger partial charge on any atom is -0.491 e. The van der Waals surface area contributed by atoms with Crippen LogP contribution in [0.4, 0.5) is 4.39 Å². The molecule has 0 aliphatic carbocycles. The number of rotatable bonds is 9. The molecule has 0 heterocycles. The van der Waals surface area contributed by atoms with Crippen LogP contribution < -0.4 is 4.74 Å². The lowest BCUT2D eigenvalue weighted by Crippen LogP contribution is -2.00. The number of aldehydes is 1. The maximum absolute atomic E-state index is 13.4. The monoisotopic (exact) mass is 265 g/mol. The predicted octanol–water partition coefficient (Wildman–Crippen LogP) is 3.89. The highest BCUT2D eigenvalue weighted by Crippen LogP contribution is 2.18. The number of ether oxygens (including phenoxy) is 1. The summed E-state index contributed by atoms with van der Waals surface area (Å²) < 4.78 is 18.7. The van der Waals surface area contributed by atoms with E-state index in [2.05, 4.69) is 10.0 Å². The lowest BCUT2D eigenvalue weighted by Gasteiger charge is -2.07. The van der Waals surface area contributed by atoms with E-state index < -0.39 is 5.82 Å². The summed E-state index contributed by atoms with van der Waals surface area (Å²) in [6.45, 7) is 0.942. The summed E-state index contributed by atoms with van der Waals surface area (Å²) in [7, 11) is 0. The Bertz CT molecular complexity index is 459. The second-order valence-corrected chi connectivity index (χ2v) is 4.02. The van der Waals surface area contributed by atoms with Gasteiger partial charge >= 0.3 is 0 Å². The Morgan fingerprint density at radius 2 is 2.11 bits per heavy atom. The Balaban J connectivity index is 2.19. The molecule has 0 aliphatic heterocycles. The van der Waals surface area contributed by atoms with Crippen molar-refractivity contribution >= 4 is 6.29 Å². The van der Waals surface area contributed by atoms with Crippen LogP contribution in [0.2, 0.25) is 0 Å². The van der Waals surface area contributed by atoms with Crippen LogP contribution in [0.15, 0.2) is 23.3 Å². The van der Waals surface area contributed by atoms with Crippen LogP contribution in [0, 0.1) is 5.82 Å². The third kappa shape index (κ3) is 5.88. The first-order valence-corrected chi connectivity index (χ1v) is 6.16. The van der Waals surface area contributed by atoms with Gasteiger partial charge in [0, 0.05) is 17.0 Å². The second-order valence-electron chi connectivity index (χ2n) is 4.02. The Labute approximate surface area is 111 Å². The minimum atomic E-state index is -0.520. The molecule has 1 aromatic carbocycles. The van der Waals surface area contributed by atoms with Gasteiger partial charge in [-0.3, -0.25) is 4.79 Å². The maximum Gasteiger partial charge on any atom is 0.165 e. The number of azide groups is 1. The first-order valence-electron chi connectivity index (χ1n) is 6.16. The fourth-order valence-electron chi connectivity index (χ4n) is 1.57. The molecule has 0 fully saturated rings. The molecule has 0 aromatic heterocycles. The lowest BCUT2D eigenvalue weighted by atomic mass is 10.2. The number of halogens is 1. The maximum atomic E-state index is 13.4. The fraction of sp³-hybridized carbons (Fsp3) is 0.462. The highest BCUT2D eigenvalue weighted by atomic mass is 19.1. The first kappa shape index (κ1) is 15.0. The van der Waals surface area contributed by atoms with Gasteiger partial charge in [-0.1, -0.05) is 18.0 Å². The second kappa shape index (κ2) is 8.94. The smallest absolute Gasteiger partial charge is 0.165 e. The number of carbonyl (C=O) groups excluding carboxylic acids is 1. The van der Waals surface area contributed by atoms with Gasteiger partial charge in [-0.2, -0.15) is 0 Å². The van der Waals surface area contributed by atoms with Crippen LogP contribution in [-0.4, -0.2) is 19.4 Å². The number of hydrogen-bond acceptors (Lipinski definition) is 3. The van der Waals surface area contributed by atoms with E-state index in [1.165, 1.54) is 12.1 Å². The van der Waals surface area contributed by atoms with Crippen LogP contribution in [0.3, 0.4) is 0 Å². The van der Waals surface area contributed by atoms with Crippen molar-refractivity contribution in [2.75, 3.05) is 13.2 Å². The van der Waals surface area contributed by atoms with E-state index in [-0.39, 0.29) is 5.75 Å². The molecule has 0 bridgehead atoms. The molecule has 0 aliphatic rings. The van der Waals surface area contributed by atoms with E-state index in [4.69, 9.17) is 10.3 Å². The zero-order valence-corrected chi connectivity index (χ0v) is 10.6. The van der Waals surface area contributed by atoms with Gasteiger partial charge < -0.3 is 4.74 Å². The molecule has 0 spiro atoms. The van der Waals surface area contributed by atoms with Crippen LogP contribution in [0.25, 0.3) is 10.4 Å². The SMILES string of the molecule is [N-]=[N+]=NCCCCCCOc1ccc(C=O)cc1F. The quantitative estimate of drug-likeness (QED) is 0.223. The molecule has 0 radical (unpaired) electrons. The standard InChI is InChI=1S/C13H16FN3O2/c14-12-9-11(10-18)5-6-13(12)19-8-4-2-1-3-7-16-17-15/h5-6,9-10H,1-4,7-8H2. The van der Waals surface area contributed by atoms with E-state index in [1.807, 2.05) is 0 Å². The minimum absolute atomic E-state index is 0.166. The fourth-order valence-corrected chi connectivity index (χ4v) is 1.57. The van der Waals surface area contributed by atoms with Crippen molar-refractivity contribution in [2.24, 2.45) is 5.11 Å². The normalized spacial score (nSPS) is 9.74. The van der Waals surface area contributed by atoms with E-state index >= 15 is 0 Å². The molecule has 1 rings (SSSR count). The molecule has 0 N–H and O–H groups in total. The zero-order valence-electron chi connectivity index (χ0n) is 10.6. The van der Waals surface area contributed by atoms with Gasteiger partial charge in [0.2, 0.25) is 0 Å². The summed E-state index contributed by atoms with van der Waals surface area (Å²) in [5.41, 5.74) is 8.37. The van der Waals surface area contributed by atoms with Gasteiger partial charge in [0.05, 0.1) is 6.61 Å². The predicted molar refractivity (Wildman–Crippen MR) is 69.8 cm³/mol. The molecule has 102 valence electrons. The van der Waals surface area contributed by atoms with E-state index in [0.29, 0.717) is 25.0 Å². The Morgan fingerprint density at radius 1 is 1.32 bits per heavy atom. The number of hydrogen-bond donors (Lipinski definition) is 0. The van der Waals surface area contributed by atoms with Gasteiger partial charge in [0.15, 0.2) is 11.6 Å². The number of benzene rings is 1. The highest BCUT2D eigenvalue weighted by Gasteiger charge is 2.04. The number of carbonyl (C=O) groups is 1. The molecule has 6 heteroatoms. The summed E-state index contributed by atoms with van der Waals surface area (Å²) in [5.74, 6) is -0.354. The summed E-state index contributed by atoms with van der Waals surface area (Å²) >= 11 is 0. The molecular formula is C13H16FN3O2. The molecule has 0 amide bonds. The molecule has 5 nitrogen and oxygen atoms in total. The molecule has 0 unspecified atom stereocenters. The molecule has 0 saturated carbocycles. The van der Waals surface area contributed by atoms with Crippen LogP contribution in [0.5, 0.6) is 5.75 Å². The molecule has 1 aromatic rings. The van der Waals surface area contributed by atoms with Gasteiger partial charge in [0.25, 0.3) is 0 Å². The van der Waals surface area contributed by atoms with E-state index in [0.717, 1.165) is 31.7 Å². The summed E-state index contributed by atoms with van der Waals surface area (Å²) in [4.78, 5) is 13.1. The van der Waals surface area contributed by atoms with Crippen LogP contribution in [0.1, 0.15) is 36.0 Å². The lowest BCUT2D eigenvalue weighted by molar-refractivity contribution is 0.112. The molecule has 0 saturated heterocycles. The summed E-state index contributed by atoms with van der Waals surface area (Å²) in [6, 6.07) is 4.13. The van der Waals surface area contributed by atoms with Gasteiger partial charge in [-0.15, -0.1) is 0 Å². The van der Waals surface area contributed by atoms with Gasteiger partial charge in [-0.25, -0.2) is 4.39 Å². The molecule has 19 heavy (non-hydrogen) atoms. The third-order valence-corrected chi connectivity index (χ3v) is 2.57. The van der Waals surface area contributed by atoms with Gasteiger partial charge in [-0.05, 0) is 36.6 Å². The van der Waals surface area contributed by atoms with Crippen molar-refractivity contribution in [1.82, 2.24) is 0 Å². The summed E-state index contributed by atoms with van der Waals surface area (Å²) in [5, 5.41) is 3.44. The van der Waals surface area contributed by atoms with Crippen molar-refractivity contribution < 1.29 is 13.9 Å². The largest absolute Gasteiger partial charge is 0.491 e. The average molecular weight is 265 g/mol. The summed E-state index contributed by atoms with van der Waals surface area (Å²) in [6.07, 6.45) is 4.15. The number of nitrogens with zero attached hydrogens (tertiary/aromatic N) is 3. The Morgan fingerprint density at radius 3 is 2.79 bits per heavy atom. The van der Waals surface area contributed by atoms with Crippen molar-refractivity contribution in [3.05, 3.63) is 40.0 Å². The van der Waals surface area contributed by atoms with Crippen LogP contribution in [-0.2, 0) is 0 Å². The van der Waals surface area contributed by atoms with Crippen molar-refractivity contribution in [3.8, 4) is 5.75 Å². The molecule has 0 atom stereocenters. The topological polar surface area (TPSA) is 75.1 Å². The molecular weight excluding hydrogens is 249 g/mol. The van der Waals surface area contributed by atoms with E-state index in [9.17, 15) is 9.18 Å². The van der Waals surface area contributed by atoms with E-state index in [1.54, 1.807) is 0 Å². The van der Waals surface area contributed by atoms with Gasteiger partial charge in [0.1, 0.15) is 6.29 Å². The highest BCUT2D eigenvalue weighted by molar-refractivity contribution is 5.74. The number of unbranched alkanes of at least 4 members (excludes halogenated alkanes) is 3. The Hall–Kier alpha value is -2.07. The third-order valence-electron chi connectivity index (χ3n) is 2.57.